The van der Waals surface area contributed by atoms with E-state index in [1.54, 1.807) is 29.3 Å². The predicted octanol–water partition coefficient (Wildman–Crippen LogP) is 3.16. The minimum atomic E-state index is -0.516. The number of nitrogens with zero attached hydrogens (tertiary/aromatic N) is 6. The second-order valence-corrected chi connectivity index (χ2v) is 7.57. The van der Waals surface area contributed by atoms with Gasteiger partial charge in [-0.05, 0) is 30.7 Å². The lowest BCUT2D eigenvalue weighted by Gasteiger charge is -2.16. The number of hydrazine groups is 2. The third kappa shape index (κ3) is 5.32. The van der Waals surface area contributed by atoms with Crippen LogP contribution in [0.1, 0.15) is 31.9 Å². The van der Waals surface area contributed by atoms with Crippen molar-refractivity contribution < 1.29 is 14.3 Å². The second-order valence-electron chi connectivity index (χ2n) is 7.57. The molecule has 0 unspecified atom stereocenters. The Morgan fingerprint density at radius 2 is 1.94 bits per heavy atom. The summed E-state index contributed by atoms with van der Waals surface area (Å²) in [6, 6.07) is 13.4. The van der Waals surface area contributed by atoms with E-state index >= 15 is 0 Å². The smallest absolute Gasteiger partial charge is 0.412 e. The van der Waals surface area contributed by atoms with E-state index < -0.39 is 6.09 Å². The number of nitrogens with one attached hydrogen (secondary N) is 2. The monoisotopic (exact) mass is 452 g/mol. The molecule has 0 radical (unpaired) electrons. The van der Waals surface area contributed by atoms with Crippen molar-refractivity contribution in [3.63, 3.8) is 0 Å². The Bertz CT molecular complexity index is 1150. The zero-order valence-corrected chi connectivity index (χ0v) is 19.0. The van der Waals surface area contributed by atoms with Crippen LogP contribution in [-0.2, 0) is 11.3 Å². The molecule has 3 heterocycles. The Hall–Kier alpha value is -3.86. The van der Waals surface area contributed by atoms with Gasteiger partial charge in [-0.15, -0.1) is 10.6 Å². The minimum absolute atomic E-state index is 0.157. The molecule has 1 aromatic carbocycles. The van der Waals surface area contributed by atoms with Crippen molar-refractivity contribution >= 4 is 28.9 Å². The minimum Gasteiger partial charge on any atom is -0.458 e. The van der Waals surface area contributed by atoms with Gasteiger partial charge in [-0.25, -0.2) is 19.5 Å². The van der Waals surface area contributed by atoms with Crippen LogP contribution in [0.4, 0.5) is 10.6 Å². The fourth-order valence-electron chi connectivity index (χ4n) is 3.40. The zero-order valence-electron chi connectivity index (χ0n) is 19.0. The van der Waals surface area contributed by atoms with Crippen LogP contribution in [0.3, 0.4) is 0 Å². The Labute approximate surface area is 191 Å². The number of aromatic nitrogens is 3. The van der Waals surface area contributed by atoms with Gasteiger partial charge >= 0.3 is 12.1 Å². The molecule has 2 aromatic heterocycles. The Kier molecular flexibility index (Phi) is 6.89. The fourth-order valence-corrected chi connectivity index (χ4v) is 3.40. The molecule has 0 fully saturated rings. The van der Waals surface area contributed by atoms with E-state index in [-0.39, 0.29) is 6.61 Å². The molecule has 0 saturated carbocycles. The first-order valence-corrected chi connectivity index (χ1v) is 10.9. The number of anilines is 1. The highest BCUT2D eigenvalue weighted by Crippen LogP contribution is 2.23. The first-order valence-electron chi connectivity index (χ1n) is 10.9. The van der Waals surface area contributed by atoms with Crippen LogP contribution in [0.15, 0.2) is 47.6 Å². The summed E-state index contributed by atoms with van der Waals surface area (Å²) in [4.78, 5) is 21.0. The Morgan fingerprint density at radius 1 is 1.09 bits per heavy atom. The maximum Gasteiger partial charge on any atom is 0.412 e. The quantitative estimate of drug-likeness (QED) is 0.502. The van der Waals surface area contributed by atoms with Gasteiger partial charge in [-0.2, -0.15) is 4.98 Å². The molecule has 1 aliphatic heterocycles. The number of ether oxygens (including phenoxy) is 2. The molecule has 0 aliphatic carbocycles. The summed E-state index contributed by atoms with van der Waals surface area (Å²) < 4.78 is 13.1. The number of pyridine rings is 1. The summed E-state index contributed by atoms with van der Waals surface area (Å²) in [5, 5.41) is 10.5. The van der Waals surface area contributed by atoms with Crippen molar-refractivity contribution in [3.8, 4) is 6.01 Å². The third-order valence-corrected chi connectivity index (χ3v) is 4.93. The van der Waals surface area contributed by atoms with Crippen molar-refractivity contribution in [3.05, 3.63) is 48.2 Å². The van der Waals surface area contributed by atoms with Crippen LogP contribution in [0.2, 0.25) is 0 Å². The van der Waals surface area contributed by atoms with E-state index in [1.807, 2.05) is 41.9 Å². The van der Waals surface area contributed by atoms with E-state index in [4.69, 9.17) is 9.47 Å². The molecule has 4 rings (SSSR count). The molecule has 33 heavy (non-hydrogen) atoms. The van der Waals surface area contributed by atoms with Gasteiger partial charge in [-0.1, -0.05) is 38.0 Å². The summed E-state index contributed by atoms with van der Waals surface area (Å²) in [6.45, 7) is 2.65. The van der Waals surface area contributed by atoms with Crippen LogP contribution in [-0.4, -0.2) is 57.4 Å². The average molecular weight is 453 g/mol. The summed E-state index contributed by atoms with van der Waals surface area (Å²) in [7, 11) is 3.67. The molecule has 1 amide bonds. The number of hydrazone groups is 1. The van der Waals surface area contributed by atoms with Crippen LogP contribution < -0.4 is 15.6 Å². The number of amides is 1. The standard InChI is InChI=1S/C22H28N8O3/c1-4-5-8-14-32-22(31)25-19-13-9-10-16(23-19)15-33-21-24-17-11-6-7-12-18(17)30(21)20-26-29(3)27-28(20)2/h6-7,9-13,27H,4-5,8,14-15H2,1-3H3,(H,23,25,31). The van der Waals surface area contributed by atoms with Gasteiger partial charge in [0.2, 0.25) is 5.96 Å². The summed E-state index contributed by atoms with van der Waals surface area (Å²) in [5.41, 5.74) is 5.35. The lowest BCUT2D eigenvalue weighted by molar-refractivity contribution is 0.159. The highest BCUT2D eigenvalue weighted by molar-refractivity contribution is 5.93. The van der Waals surface area contributed by atoms with Crippen LogP contribution in [0.5, 0.6) is 6.01 Å². The van der Waals surface area contributed by atoms with Crippen LogP contribution >= 0.6 is 0 Å². The van der Waals surface area contributed by atoms with E-state index in [0.717, 1.165) is 30.3 Å². The summed E-state index contributed by atoms with van der Waals surface area (Å²) >= 11 is 0. The molecule has 0 bridgehead atoms. The largest absolute Gasteiger partial charge is 0.458 e. The summed E-state index contributed by atoms with van der Waals surface area (Å²) in [5.74, 6) is 1.02. The van der Waals surface area contributed by atoms with Crippen molar-refractivity contribution in [2.75, 3.05) is 26.0 Å². The van der Waals surface area contributed by atoms with Gasteiger partial charge in [-0.3, -0.25) is 10.3 Å². The number of benzene rings is 1. The third-order valence-electron chi connectivity index (χ3n) is 4.93. The molecule has 3 aromatic rings. The van der Waals surface area contributed by atoms with E-state index in [1.165, 1.54) is 0 Å². The molecule has 2 N–H and O–H groups in total. The second kappa shape index (κ2) is 10.2. The average Bonchev–Trinajstić information content (AvgIpc) is 3.33. The molecule has 0 spiro atoms. The molecule has 11 nitrogen and oxygen atoms in total. The first kappa shape index (κ1) is 22.3. The Morgan fingerprint density at radius 3 is 2.73 bits per heavy atom. The maximum absolute atomic E-state index is 12.0. The molecule has 174 valence electrons. The van der Waals surface area contributed by atoms with Gasteiger partial charge < -0.3 is 9.47 Å². The number of hydrogen-bond acceptors (Lipinski definition) is 9. The molecule has 1 aliphatic rings. The number of carbonyl (C=O) groups is 1. The summed E-state index contributed by atoms with van der Waals surface area (Å²) in [6.07, 6.45) is 2.42. The predicted molar refractivity (Wildman–Crippen MR) is 124 cm³/mol. The lowest BCUT2D eigenvalue weighted by Crippen LogP contribution is -2.40. The first-order chi connectivity index (χ1) is 16.0. The fraction of sp³-hybridized carbons (Fsp3) is 0.364. The highest BCUT2D eigenvalue weighted by Gasteiger charge is 2.24. The molecule has 0 saturated heterocycles. The van der Waals surface area contributed by atoms with Gasteiger partial charge in [0.1, 0.15) is 12.4 Å². The maximum atomic E-state index is 12.0. The number of carbonyl (C=O) groups excluding carboxylic acids is 1. The zero-order chi connectivity index (χ0) is 23.2. The van der Waals surface area contributed by atoms with Gasteiger partial charge in [0, 0.05) is 14.1 Å². The van der Waals surface area contributed by atoms with E-state index in [9.17, 15) is 4.79 Å². The van der Waals surface area contributed by atoms with Crippen LogP contribution in [0.25, 0.3) is 11.0 Å². The van der Waals surface area contributed by atoms with E-state index in [0.29, 0.717) is 30.1 Å². The number of fused-ring (bicyclic) bond motifs is 1. The highest BCUT2D eigenvalue weighted by atomic mass is 16.5. The number of para-hydroxylation sites is 2. The SMILES string of the molecule is CCCCCOC(=O)Nc1cccc(COc2nc3ccccc3n2C2=NN(C)NN2C)n1. The molecular weight excluding hydrogens is 424 g/mol. The van der Waals surface area contributed by atoms with Crippen molar-refractivity contribution in [2.45, 2.75) is 32.8 Å². The number of unbranched alkanes of at least 4 members (excludes halogenated alkanes) is 2. The molecule has 11 heteroatoms. The normalized spacial score (nSPS) is 13.4. The number of hydrogen-bond donors (Lipinski definition) is 2. The number of imidazole rings is 1. The van der Waals surface area contributed by atoms with Crippen molar-refractivity contribution in [1.82, 2.24) is 30.2 Å². The lowest BCUT2D eigenvalue weighted by atomic mass is 10.3. The van der Waals surface area contributed by atoms with Gasteiger partial charge in [0.05, 0.1) is 23.3 Å². The van der Waals surface area contributed by atoms with E-state index in [2.05, 4.69) is 32.8 Å². The Balaban J connectivity index is 1.47. The number of rotatable bonds is 8. The van der Waals surface area contributed by atoms with Crippen LogP contribution in [0, 0.1) is 0 Å². The molecular formula is C22H28N8O3. The topological polar surface area (TPSA) is 109 Å². The molecule has 0 atom stereocenters. The van der Waals surface area contributed by atoms with Gasteiger partial charge in [0.15, 0.2) is 0 Å². The van der Waals surface area contributed by atoms with Crippen molar-refractivity contribution in [2.24, 2.45) is 5.10 Å². The van der Waals surface area contributed by atoms with Gasteiger partial charge in [0.25, 0.3) is 0 Å². The van der Waals surface area contributed by atoms with Crippen molar-refractivity contribution in [1.29, 1.82) is 0 Å².